The first-order valence-electron chi connectivity index (χ1n) is 7.22. The topological polar surface area (TPSA) is 53.0 Å². The third-order valence-corrected chi connectivity index (χ3v) is 4.45. The zero-order valence-corrected chi connectivity index (χ0v) is 12.3. The van der Waals surface area contributed by atoms with Crippen LogP contribution in [0.4, 0.5) is 0 Å². The average Bonchev–Trinajstić information content (AvgIpc) is 2.26. The number of piperazine rings is 1. The van der Waals surface area contributed by atoms with Crippen molar-refractivity contribution in [3.63, 3.8) is 0 Å². The Balaban J connectivity index is 2.16. The van der Waals surface area contributed by atoms with Gasteiger partial charge in [-0.1, -0.05) is 0 Å². The second-order valence-corrected chi connectivity index (χ2v) is 6.25. The molecule has 0 radical (unpaired) electrons. The molecule has 2 fully saturated rings. The highest BCUT2D eigenvalue weighted by molar-refractivity contribution is 5.68. The lowest BCUT2D eigenvalue weighted by Crippen LogP contribution is -2.61. The van der Waals surface area contributed by atoms with E-state index in [9.17, 15) is 9.90 Å². The van der Waals surface area contributed by atoms with Gasteiger partial charge in [0, 0.05) is 31.7 Å². The van der Waals surface area contributed by atoms with E-state index in [1.165, 1.54) is 0 Å². The summed E-state index contributed by atoms with van der Waals surface area (Å²) in [7, 11) is 2.12. The Morgan fingerprint density at radius 3 is 2.21 bits per heavy atom. The molecule has 5 nitrogen and oxygen atoms in total. The molecule has 2 saturated heterocycles. The van der Waals surface area contributed by atoms with Crippen LogP contribution in [-0.2, 0) is 9.53 Å². The number of carboxylic acid groups (broad SMARTS) is 1. The summed E-state index contributed by atoms with van der Waals surface area (Å²) in [6.45, 7) is 8.08. The first-order chi connectivity index (χ1) is 8.91. The fraction of sp³-hybridized carbons (Fsp3) is 0.929. The summed E-state index contributed by atoms with van der Waals surface area (Å²) in [5.74, 6) is -0.694. The molecule has 0 saturated carbocycles. The summed E-state index contributed by atoms with van der Waals surface area (Å²) in [6.07, 6.45) is 2.17. The fourth-order valence-electron chi connectivity index (χ4n) is 3.72. The standard InChI is InChI=1S/C14H26N2O3/c1-11-8-14(10-13(17)18,9-12(2)19-11)16-6-4-15(3)5-7-16/h11-12H,4-10H2,1-3H3,(H,17,18). The van der Waals surface area contributed by atoms with Crippen molar-refractivity contribution in [2.75, 3.05) is 33.2 Å². The number of hydrogen-bond acceptors (Lipinski definition) is 4. The number of ether oxygens (including phenoxy) is 1. The molecule has 0 aromatic rings. The van der Waals surface area contributed by atoms with Gasteiger partial charge in [0.1, 0.15) is 0 Å². The van der Waals surface area contributed by atoms with Gasteiger partial charge in [-0.25, -0.2) is 0 Å². The number of nitrogens with zero attached hydrogens (tertiary/aromatic N) is 2. The maximum Gasteiger partial charge on any atom is 0.305 e. The Bertz CT molecular complexity index is 317. The largest absolute Gasteiger partial charge is 0.481 e. The molecule has 0 bridgehead atoms. The van der Waals surface area contributed by atoms with Crippen molar-refractivity contribution in [1.82, 2.24) is 9.80 Å². The average molecular weight is 270 g/mol. The van der Waals surface area contributed by atoms with Gasteiger partial charge in [0.05, 0.1) is 18.6 Å². The second kappa shape index (κ2) is 5.77. The summed E-state index contributed by atoms with van der Waals surface area (Å²) >= 11 is 0. The van der Waals surface area contributed by atoms with E-state index in [-0.39, 0.29) is 24.2 Å². The third kappa shape index (κ3) is 3.46. The zero-order valence-electron chi connectivity index (χ0n) is 12.3. The minimum atomic E-state index is -0.694. The highest BCUT2D eigenvalue weighted by Crippen LogP contribution is 2.37. The fourth-order valence-corrected chi connectivity index (χ4v) is 3.72. The molecule has 0 aliphatic carbocycles. The smallest absolute Gasteiger partial charge is 0.305 e. The van der Waals surface area contributed by atoms with Crippen molar-refractivity contribution in [2.45, 2.75) is 50.9 Å². The molecule has 2 heterocycles. The van der Waals surface area contributed by atoms with Crippen LogP contribution in [-0.4, -0.2) is 71.8 Å². The monoisotopic (exact) mass is 270 g/mol. The van der Waals surface area contributed by atoms with Crippen LogP contribution in [0.3, 0.4) is 0 Å². The summed E-state index contributed by atoms with van der Waals surface area (Å²) in [4.78, 5) is 16.0. The molecule has 5 heteroatoms. The van der Waals surface area contributed by atoms with E-state index in [0.29, 0.717) is 0 Å². The quantitative estimate of drug-likeness (QED) is 0.830. The molecule has 2 unspecified atom stereocenters. The molecule has 1 N–H and O–H groups in total. The SMILES string of the molecule is CC1CC(CC(=O)O)(N2CCN(C)CC2)CC(C)O1. The van der Waals surface area contributed by atoms with Crippen molar-refractivity contribution in [1.29, 1.82) is 0 Å². The van der Waals surface area contributed by atoms with Gasteiger partial charge in [0.25, 0.3) is 0 Å². The second-order valence-electron chi connectivity index (χ2n) is 6.25. The predicted octanol–water partition coefficient (Wildman–Crippen LogP) is 1.03. The van der Waals surface area contributed by atoms with Crippen LogP contribution in [0.5, 0.6) is 0 Å². The Morgan fingerprint density at radius 2 is 1.74 bits per heavy atom. The minimum absolute atomic E-state index is 0.141. The van der Waals surface area contributed by atoms with Crippen molar-refractivity contribution in [3.8, 4) is 0 Å². The van der Waals surface area contributed by atoms with Gasteiger partial charge in [-0.2, -0.15) is 0 Å². The van der Waals surface area contributed by atoms with E-state index >= 15 is 0 Å². The number of carbonyl (C=O) groups is 1. The van der Waals surface area contributed by atoms with Gasteiger partial charge in [-0.3, -0.25) is 9.69 Å². The Labute approximate surface area is 115 Å². The number of likely N-dealkylation sites (N-methyl/N-ethyl adjacent to an activating group) is 1. The van der Waals surface area contributed by atoms with Crippen LogP contribution in [0.2, 0.25) is 0 Å². The molecule has 0 aromatic carbocycles. The van der Waals surface area contributed by atoms with E-state index in [4.69, 9.17) is 4.74 Å². The molecule has 2 aliphatic heterocycles. The maximum absolute atomic E-state index is 11.3. The van der Waals surface area contributed by atoms with Crippen molar-refractivity contribution in [2.24, 2.45) is 0 Å². The molecule has 0 spiro atoms. The summed E-state index contributed by atoms with van der Waals surface area (Å²) in [5.41, 5.74) is -0.218. The van der Waals surface area contributed by atoms with Crippen LogP contribution >= 0.6 is 0 Å². The lowest BCUT2D eigenvalue weighted by Gasteiger charge is -2.51. The summed E-state index contributed by atoms with van der Waals surface area (Å²) in [5, 5.41) is 9.31. The van der Waals surface area contributed by atoms with Crippen LogP contribution in [0.25, 0.3) is 0 Å². The van der Waals surface area contributed by atoms with Gasteiger partial charge in [0.15, 0.2) is 0 Å². The number of hydrogen-bond donors (Lipinski definition) is 1. The van der Waals surface area contributed by atoms with Crippen molar-refractivity contribution >= 4 is 5.97 Å². The van der Waals surface area contributed by atoms with E-state index in [1.54, 1.807) is 0 Å². The molecule has 110 valence electrons. The number of aliphatic carboxylic acids is 1. The van der Waals surface area contributed by atoms with E-state index in [2.05, 4.69) is 30.7 Å². The molecule has 19 heavy (non-hydrogen) atoms. The Kier molecular flexibility index (Phi) is 4.48. The number of carboxylic acids is 1. The first kappa shape index (κ1) is 14.8. The molecule has 2 rings (SSSR count). The van der Waals surface area contributed by atoms with Crippen LogP contribution in [0.15, 0.2) is 0 Å². The lowest BCUT2D eigenvalue weighted by molar-refractivity contribution is -0.150. The zero-order chi connectivity index (χ0) is 14.0. The van der Waals surface area contributed by atoms with Crippen LogP contribution in [0, 0.1) is 0 Å². The summed E-state index contributed by atoms with van der Waals surface area (Å²) < 4.78 is 5.80. The summed E-state index contributed by atoms with van der Waals surface area (Å²) in [6, 6.07) is 0. The first-order valence-corrected chi connectivity index (χ1v) is 7.22. The van der Waals surface area contributed by atoms with E-state index < -0.39 is 5.97 Å². The molecule has 2 aliphatic rings. The molecule has 2 atom stereocenters. The van der Waals surface area contributed by atoms with Crippen molar-refractivity contribution in [3.05, 3.63) is 0 Å². The number of rotatable bonds is 3. The molecular weight excluding hydrogens is 244 g/mol. The van der Waals surface area contributed by atoms with Gasteiger partial charge < -0.3 is 14.7 Å². The minimum Gasteiger partial charge on any atom is -0.481 e. The highest BCUT2D eigenvalue weighted by Gasteiger charge is 2.45. The van der Waals surface area contributed by atoms with Gasteiger partial charge in [0.2, 0.25) is 0 Å². The Hall–Kier alpha value is -0.650. The molecule has 0 amide bonds. The van der Waals surface area contributed by atoms with E-state index in [0.717, 1.165) is 39.0 Å². The molecule has 0 aromatic heterocycles. The predicted molar refractivity (Wildman–Crippen MR) is 73.3 cm³/mol. The van der Waals surface area contributed by atoms with Gasteiger partial charge >= 0.3 is 5.97 Å². The van der Waals surface area contributed by atoms with Gasteiger partial charge in [-0.05, 0) is 33.7 Å². The lowest BCUT2D eigenvalue weighted by atomic mass is 9.79. The van der Waals surface area contributed by atoms with E-state index in [1.807, 2.05) is 0 Å². The molecular formula is C14H26N2O3. The highest BCUT2D eigenvalue weighted by atomic mass is 16.5. The Morgan fingerprint density at radius 1 is 1.21 bits per heavy atom. The van der Waals surface area contributed by atoms with Crippen LogP contribution in [0.1, 0.15) is 33.1 Å². The third-order valence-electron chi connectivity index (χ3n) is 4.45. The van der Waals surface area contributed by atoms with Gasteiger partial charge in [-0.15, -0.1) is 0 Å². The normalized spacial score (nSPS) is 38.3. The van der Waals surface area contributed by atoms with Crippen LogP contribution < -0.4 is 0 Å². The maximum atomic E-state index is 11.3. The van der Waals surface area contributed by atoms with Crippen molar-refractivity contribution < 1.29 is 14.6 Å².